The van der Waals surface area contributed by atoms with Crippen molar-refractivity contribution in [3.63, 3.8) is 0 Å². The minimum Gasteiger partial charge on any atom is -0.391 e. The van der Waals surface area contributed by atoms with Crippen molar-refractivity contribution in [1.82, 2.24) is 15.1 Å². The highest BCUT2D eigenvalue weighted by Crippen LogP contribution is 2.34. The number of halogens is 2. The second kappa shape index (κ2) is 5.93. The molecule has 0 unspecified atom stereocenters. The van der Waals surface area contributed by atoms with Gasteiger partial charge in [0.2, 0.25) is 0 Å². The molecule has 1 aliphatic rings. The average molecular weight is 343 g/mol. The lowest BCUT2D eigenvalue weighted by Gasteiger charge is -2.24. The molecule has 1 fully saturated rings. The zero-order valence-electron chi connectivity index (χ0n) is 13.1. The molecule has 0 bridgehead atoms. The van der Waals surface area contributed by atoms with Crippen LogP contribution >= 0.6 is 0 Å². The van der Waals surface area contributed by atoms with Gasteiger partial charge in [0.1, 0.15) is 0 Å². The standard InChI is InChI=1S/C18H15F2N3O2/c19-13-6-5-10(7-14(13)20)16-8-11(24)9-23(16)18(25)17-12-3-1-2-4-15(12)21-22-17/h1-7,11,16,24H,8-9H2,(H,21,22)/t11-,16+/m0/s1. The number of aliphatic hydroxyl groups is 1. The molecule has 3 aromatic rings. The summed E-state index contributed by atoms with van der Waals surface area (Å²) in [6.07, 6.45) is -0.466. The highest BCUT2D eigenvalue weighted by molar-refractivity contribution is 6.04. The molecular weight excluding hydrogens is 328 g/mol. The largest absolute Gasteiger partial charge is 0.391 e. The molecule has 0 spiro atoms. The first-order valence-corrected chi connectivity index (χ1v) is 7.91. The predicted octanol–water partition coefficient (Wildman–Crippen LogP) is 2.79. The summed E-state index contributed by atoms with van der Waals surface area (Å²) in [6.45, 7) is 0.115. The Hall–Kier alpha value is -2.80. The van der Waals surface area contributed by atoms with E-state index >= 15 is 0 Å². The molecule has 0 saturated carbocycles. The Morgan fingerprint density at radius 2 is 2.00 bits per heavy atom. The van der Waals surface area contributed by atoms with Crippen LogP contribution in [-0.2, 0) is 0 Å². The zero-order valence-corrected chi connectivity index (χ0v) is 13.1. The Bertz CT molecular complexity index is 956. The molecule has 1 amide bonds. The average Bonchev–Trinajstić information content (AvgIpc) is 3.20. The molecule has 128 valence electrons. The summed E-state index contributed by atoms with van der Waals surface area (Å²) in [5.41, 5.74) is 1.43. The van der Waals surface area contributed by atoms with Crippen molar-refractivity contribution in [2.75, 3.05) is 6.54 Å². The first-order valence-electron chi connectivity index (χ1n) is 7.91. The minimum absolute atomic E-state index is 0.115. The molecular formula is C18H15F2N3O2. The van der Waals surface area contributed by atoms with Gasteiger partial charge in [0, 0.05) is 11.9 Å². The Kier molecular flexibility index (Phi) is 3.73. The molecule has 1 saturated heterocycles. The molecule has 1 aromatic heterocycles. The number of para-hydroxylation sites is 1. The number of likely N-dealkylation sites (tertiary alicyclic amines) is 1. The second-order valence-corrected chi connectivity index (χ2v) is 6.15. The predicted molar refractivity (Wildman–Crippen MR) is 86.9 cm³/mol. The Morgan fingerprint density at radius 3 is 2.80 bits per heavy atom. The lowest BCUT2D eigenvalue weighted by atomic mass is 10.0. The van der Waals surface area contributed by atoms with Gasteiger partial charge in [-0.15, -0.1) is 0 Å². The Morgan fingerprint density at radius 1 is 1.20 bits per heavy atom. The van der Waals surface area contributed by atoms with E-state index in [0.717, 1.165) is 17.6 Å². The lowest BCUT2D eigenvalue weighted by Crippen LogP contribution is -2.32. The van der Waals surface area contributed by atoms with Crippen LogP contribution in [0.25, 0.3) is 10.9 Å². The van der Waals surface area contributed by atoms with Gasteiger partial charge >= 0.3 is 0 Å². The highest BCUT2D eigenvalue weighted by Gasteiger charge is 2.37. The summed E-state index contributed by atoms with van der Waals surface area (Å²) in [4.78, 5) is 14.4. The van der Waals surface area contributed by atoms with Crippen LogP contribution in [0.1, 0.15) is 28.5 Å². The summed E-state index contributed by atoms with van der Waals surface area (Å²) in [6, 6.07) is 10.2. The molecule has 25 heavy (non-hydrogen) atoms. The normalized spacial score (nSPS) is 20.4. The van der Waals surface area contributed by atoms with Crippen LogP contribution in [0, 0.1) is 11.6 Å². The maximum absolute atomic E-state index is 13.6. The highest BCUT2D eigenvalue weighted by atomic mass is 19.2. The van der Waals surface area contributed by atoms with E-state index in [-0.39, 0.29) is 24.6 Å². The summed E-state index contributed by atoms with van der Waals surface area (Å²) in [5, 5.41) is 17.6. The number of H-pyrrole nitrogens is 1. The molecule has 4 rings (SSSR count). The third-order valence-corrected chi connectivity index (χ3v) is 4.54. The van der Waals surface area contributed by atoms with Crippen LogP contribution in [0.2, 0.25) is 0 Å². The maximum atomic E-state index is 13.6. The van der Waals surface area contributed by atoms with Gasteiger partial charge < -0.3 is 10.0 Å². The number of carbonyl (C=O) groups is 1. The number of aromatic amines is 1. The zero-order chi connectivity index (χ0) is 17.6. The van der Waals surface area contributed by atoms with E-state index in [4.69, 9.17) is 0 Å². The fraction of sp³-hybridized carbons (Fsp3) is 0.222. The van der Waals surface area contributed by atoms with Gasteiger partial charge in [-0.1, -0.05) is 24.3 Å². The summed E-state index contributed by atoms with van der Waals surface area (Å²) in [7, 11) is 0. The Labute approximate surface area is 141 Å². The first kappa shape index (κ1) is 15.7. The number of benzene rings is 2. The molecule has 2 atom stereocenters. The fourth-order valence-corrected chi connectivity index (χ4v) is 3.34. The number of hydrogen-bond acceptors (Lipinski definition) is 3. The van der Waals surface area contributed by atoms with E-state index < -0.39 is 23.8 Å². The number of rotatable bonds is 2. The third-order valence-electron chi connectivity index (χ3n) is 4.54. The van der Waals surface area contributed by atoms with Crippen molar-refractivity contribution < 1.29 is 18.7 Å². The molecule has 5 nitrogen and oxygen atoms in total. The number of fused-ring (bicyclic) bond motifs is 1. The molecule has 2 N–H and O–H groups in total. The summed E-state index contributed by atoms with van der Waals surface area (Å²) in [5.74, 6) is -2.28. The van der Waals surface area contributed by atoms with Gasteiger partial charge in [0.15, 0.2) is 17.3 Å². The third kappa shape index (κ3) is 2.66. The van der Waals surface area contributed by atoms with Gasteiger partial charge in [0.05, 0.1) is 17.7 Å². The van der Waals surface area contributed by atoms with Gasteiger partial charge in [0.25, 0.3) is 5.91 Å². The van der Waals surface area contributed by atoms with Crippen LogP contribution < -0.4 is 0 Å². The molecule has 2 heterocycles. The number of nitrogens with zero attached hydrogens (tertiary/aromatic N) is 2. The van der Waals surface area contributed by atoms with Crippen molar-refractivity contribution in [1.29, 1.82) is 0 Å². The number of hydrogen-bond donors (Lipinski definition) is 2. The molecule has 2 aromatic carbocycles. The maximum Gasteiger partial charge on any atom is 0.275 e. The smallest absolute Gasteiger partial charge is 0.275 e. The quantitative estimate of drug-likeness (QED) is 0.752. The van der Waals surface area contributed by atoms with Crippen LogP contribution in [-0.4, -0.2) is 38.8 Å². The molecule has 7 heteroatoms. The van der Waals surface area contributed by atoms with E-state index in [1.165, 1.54) is 11.0 Å². The van der Waals surface area contributed by atoms with E-state index in [1.807, 2.05) is 12.1 Å². The number of amides is 1. The fourth-order valence-electron chi connectivity index (χ4n) is 3.34. The summed E-state index contributed by atoms with van der Waals surface area (Å²) < 4.78 is 26.8. The lowest BCUT2D eigenvalue weighted by molar-refractivity contribution is 0.0711. The van der Waals surface area contributed by atoms with Crippen molar-refractivity contribution in [2.24, 2.45) is 0 Å². The SMILES string of the molecule is O=C(c1n[nH]c2ccccc12)N1C[C@@H](O)C[C@@H]1c1ccc(F)c(F)c1. The topological polar surface area (TPSA) is 69.2 Å². The number of β-amino-alcohol motifs (C(OH)–C–C–N with tert-alkyl or cyclic N) is 1. The van der Waals surface area contributed by atoms with Crippen LogP contribution in [0.4, 0.5) is 8.78 Å². The van der Waals surface area contributed by atoms with Crippen molar-refractivity contribution >= 4 is 16.8 Å². The number of carbonyl (C=O) groups excluding carboxylic acids is 1. The first-order chi connectivity index (χ1) is 12.0. The van der Waals surface area contributed by atoms with E-state index in [9.17, 15) is 18.7 Å². The molecule has 0 radical (unpaired) electrons. The summed E-state index contributed by atoms with van der Waals surface area (Å²) >= 11 is 0. The van der Waals surface area contributed by atoms with Crippen LogP contribution in [0.15, 0.2) is 42.5 Å². The van der Waals surface area contributed by atoms with Gasteiger partial charge in [-0.05, 0) is 30.2 Å². The monoisotopic (exact) mass is 343 g/mol. The number of aromatic nitrogens is 2. The minimum atomic E-state index is -0.975. The Balaban J connectivity index is 1.72. The van der Waals surface area contributed by atoms with Crippen molar-refractivity contribution in [3.05, 3.63) is 65.4 Å². The molecule has 1 aliphatic heterocycles. The number of nitrogens with one attached hydrogen (secondary N) is 1. The van der Waals surface area contributed by atoms with Gasteiger partial charge in [-0.25, -0.2) is 8.78 Å². The van der Waals surface area contributed by atoms with Crippen molar-refractivity contribution in [3.8, 4) is 0 Å². The van der Waals surface area contributed by atoms with Gasteiger partial charge in [-0.3, -0.25) is 9.89 Å². The second-order valence-electron chi connectivity index (χ2n) is 6.15. The van der Waals surface area contributed by atoms with Crippen LogP contribution in [0.5, 0.6) is 0 Å². The van der Waals surface area contributed by atoms with Gasteiger partial charge in [-0.2, -0.15) is 5.10 Å². The number of aliphatic hydroxyl groups excluding tert-OH is 1. The van der Waals surface area contributed by atoms with Crippen LogP contribution in [0.3, 0.4) is 0 Å². The molecule has 0 aliphatic carbocycles. The van der Waals surface area contributed by atoms with Crippen molar-refractivity contribution in [2.45, 2.75) is 18.6 Å². The van der Waals surface area contributed by atoms with E-state index in [2.05, 4.69) is 10.2 Å². The van der Waals surface area contributed by atoms with E-state index in [0.29, 0.717) is 10.9 Å². The van der Waals surface area contributed by atoms with E-state index in [1.54, 1.807) is 12.1 Å².